The van der Waals surface area contributed by atoms with Crippen LogP contribution in [0.15, 0.2) is 24.3 Å². The predicted molar refractivity (Wildman–Crippen MR) is 78.1 cm³/mol. The highest BCUT2D eigenvalue weighted by atomic mass is 16.6. The van der Waals surface area contributed by atoms with E-state index in [1.807, 2.05) is 13.0 Å². The van der Waals surface area contributed by atoms with E-state index >= 15 is 0 Å². The zero-order valence-corrected chi connectivity index (χ0v) is 11.4. The molecule has 2 aromatic rings. The smallest absolute Gasteiger partial charge is 0.269 e. The Bertz CT molecular complexity index is 699. The van der Waals surface area contributed by atoms with E-state index in [0.717, 1.165) is 6.42 Å². The van der Waals surface area contributed by atoms with Gasteiger partial charge in [-0.25, -0.2) is 4.68 Å². The lowest BCUT2D eigenvalue weighted by atomic mass is 10.3. The largest absolute Gasteiger partial charge is 0.382 e. The Morgan fingerprint density at radius 1 is 1.48 bits per heavy atom. The zero-order chi connectivity index (χ0) is 15.4. The van der Waals surface area contributed by atoms with Crippen LogP contribution in [0.3, 0.4) is 0 Å². The fraction of sp³-hybridized carbons (Fsp3) is 0.231. The van der Waals surface area contributed by atoms with Gasteiger partial charge in [-0.15, -0.1) is 5.10 Å². The molecule has 2 rings (SSSR count). The normalized spacial score (nSPS) is 10.1. The molecule has 0 fully saturated rings. The number of nitrogens with two attached hydrogens (primary N) is 1. The van der Waals surface area contributed by atoms with Crippen LogP contribution in [0.25, 0.3) is 5.69 Å². The van der Waals surface area contributed by atoms with Crippen molar-refractivity contribution >= 4 is 17.3 Å². The van der Waals surface area contributed by atoms with Crippen LogP contribution in [-0.2, 0) is 0 Å². The van der Waals surface area contributed by atoms with Gasteiger partial charge >= 0.3 is 0 Å². The number of nitrogens with zero attached hydrogens (tertiary/aromatic N) is 4. The molecule has 1 aromatic carbocycles. The second-order valence-corrected chi connectivity index (χ2v) is 4.33. The van der Waals surface area contributed by atoms with Crippen molar-refractivity contribution in [3.8, 4) is 11.8 Å². The molecule has 0 saturated carbocycles. The van der Waals surface area contributed by atoms with Crippen molar-refractivity contribution in [1.29, 1.82) is 5.26 Å². The van der Waals surface area contributed by atoms with E-state index in [9.17, 15) is 10.1 Å². The SMILES string of the molecule is CCCNc1nn(-c2ccc([N+](=O)[O-])cc2)c(N)c1C#N. The number of non-ortho nitro benzene ring substituents is 1. The summed E-state index contributed by atoms with van der Waals surface area (Å²) in [5.74, 6) is 0.611. The van der Waals surface area contributed by atoms with Gasteiger partial charge in [0.2, 0.25) is 0 Å². The fourth-order valence-corrected chi connectivity index (χ4v) is 1.82. The monoisotopic (exact) mass is 286 g/mol. The molecule has 0 unspecified atom stereocenters. The van der Waals surface area contributed by atoms with Gasteiger partial charge in [0.1, 0.15) is 17.5 Å². The number of rotatable bonds is 5. The Labute approximate surface area is 120 Å². The molecule has 3 N–H and O–H groups in total. The standard InChI is InChI=1S/C13H14N6O2/c1-2-7-16-13-11(8-14)12(15)18(17-13)9-3-5-10(6-4-9)19(20)21/h3-6H,2,7,15H2,1H3,(H,16,17). The Morgan fingerprint density at radius 2 is 2.14 bits per heavy atom. The lowest BCUT2D eigenvalue weighted by Crippen LogP contribution is -2.03. The molecule has 0 atom stereocenters. The van der Waals surface area contributed by atoms with Crippen molar-refractivity contribution in [2.45, 2.75) is 13.3 Å². The Balaban J connectivity index is 2.42. The average Bonchev–Trinajstić information content (AvgIpc) is 2.81. The van der Waals surface area contributed by atoms with Gasteiger partial charge in [0.25, 0.3) is 5.69 Å². The van der Waals surface area contributed by atoms with E-state index in [2.05, 4.69) is 10.4 Å². The number of nitriles is 1. The molecule has 108 valence electrons. The number of nitrogen functional groups attached to an aromatic ring is 1. The molecule has 21 heavy (non-hydrogen) atoms. The molecule has 0 aliphatic heterocycles. The zero-order valence-electron chi connectivity index (χ0n) is 11.4. The number of anilines is 2. The van der Waals surface area contributed by atoms with E-state index in [0.29, 0.717) is 18.1 Å². The minimum atomic E-state index is -0.481. The van der Waals surface area contributed by atoms with Gasteiger partial charge in [-0.1, -0.05) is 6.92 Å². The highest BCUT2D eigenvalue weighted by Crippen LogP contribution is 2.25. The minimum Gasteiger partial charge on any atom is -0.382 e. The van der Waals surface area contributed by atoms with Crippen LogP contribution in [0, 0.1) is 21.4 Å². The Morgan fingerprint density at radius 3 is 2.67 bits per heavy atom. The summed E-state index contributed by atoms with van der Waals surface area (Å²) >= 11 is 0. The molecule has 0 amide bonds. The summed E-state index contributed by atoms with van der Waals surface area (Å²) in [6, 6.07) is 7.81. The molecule has 1 aromatic heterocycles. The highest BCUT2D eigenvalue weighted by Gasteiger charge is 2.16. The van der Waals surface area contributed by atoms with Gasteiger partial charge in [-0.3, -0.25) is 10.1 Å². The molecular formula is C13H14N6O2. The van der Waals surface area contributed by atoms with E-state index in [1.54, 1.807) is 0 Å². The summed E-state index contributed by atoms with van der Waals surface area (Å²) in [6.45, 7) is 2.67. The predicted octanol–water partition coefficient (Wildman–Crippen LogP) is 2.06. The van der Waals surface area contributed by atoms with E-state index < -0.39 is 4.92 Å². The van der Waals surface area contributed by atoms with Crippen LogP contribution in [0.1, 0.15) is 18.9 Å². The lowest BCUT2D eigenvalue weighted by Gasteiger charge is -2.03. The fourth-order valence-electron chi connectivity index (χ4n) is 1.82. The first-order chi connectivity index (χ1) is 10.1. The van der Waals surface area contributed by atoms with Gasteiger partial charge < -0.3 is 11.1 Å². The van der Waals surface area contributed by atoms with Crippen molar-refractivity contribution < 1.29 is 4.92 Å². The van der Waals surface area contributed by atoms with Crippen molar-refractivity contribution in [2.24, 2.45) is 0 Å². The van der Waals surface area contributed by atoms with Crippen molar-refractivity contribution in [2.75, 3.05) is 17.6 Å². The number of hydrogen-bond donors (Lipinski definition) is 2. The van der Waals surface area contributed by atoms with Gasteiger partial charge in [-0.05, 0) is 18.6 Å². The number of nitrogens with one attached hydrogen (secondary N) is 1. The molecule has 0 aliphatic rings. The van der Waals surface area contributed by atoms with Crippen LogP contribution in [-0.4, -0.2) is 21.2 Å². The van der Waals surface area contributed by atoms with E-state index in [1.165, 1.54) is 28.9 Å². The Hall–Kier alpha value is -3.08. The molecular weight excluding hydrogens is 272 g/mol. The van der Waals surface area contributed by atoms with Crippen molar-refractivity contribution in [3.05, 3.63) is 39.9 Å². The molecule has 0 aliphatic carbocycles. The molecule has 0 bridgehead atoms. The molecule has 1 heterocycles. The number of nitro benzene ring substituents is 1. The maximum atomic E-state index is 10.6. The van der Waals surface area contributed by atoms with Gasteiger partial charge in [0.05, 0.1) is 10.6 Å². The third kappa shape index (κ3) is 2.76. The lowest BCUT2D eigenvalue weighted by molar-refractivity contribution is -0.384. The number of nitro groups is 1. The molecule has 0 radical (unpaired) electrons. The Kier molecular flexibility index (Phi) is 4.04. The van der Waals surface area contributed by atoms with Crippen LogP contribution >= 0.6 is 0 Å². The minimum absolute atomic E-state index is 0.0192. The summed E-state index contributed by atoms with van der Waals surface area (Å²) in [4.78, 5) is 10.2. The van der Waals surface area contributed by atoms with Crippen LogP contribution in [0.2, 0.25) is 0 Å². The van der Waals surface area contributed by atoms with Crippen LogP contribution in [0.4, 0.5) is 17.3 Å². The summed E-state index contributed by atoms with van der Waals surface area (Å²) in [6.07, 6.45) is 0.884. The summed E-state index contributed by atoms with van der Waals surface area (Å²) in [5.41, 5.74) is 6.72. The molecule has 0 spiro atoms. The maximum absolute atomic E-state index is 10.6. The van der Waals surface area contributed by atoms with Crippen LogP contribution < -0.4 is 11.1 Å². The van der Waals surface area contributed by atoms with Gasteiger partial charge in [0, 0.05) is 18.7 Å². The van der Waals surface area contributed by atoms with Crippen molar-refractivity contribution in [3.63, 3.8) is 0 Å². The first-order valence-electron chi connectivity index (χ1n) is 6.35. The number of hydrogen-bond acceptors (Lipinski definition) is 6. The molecule has 8 heteroatoms. The third-order valence-electron chi connectivity index (χ3n) is 2.88. The first kappa shape index (κ1) is 14.3. The summed E-state index contributed by atoms with van der Waals surface area (Å²) in [5, 5.41) is 27.1. The number of benzene rings is 1. The second-order valence-electron chi connectivity index (χ2n) is 4.33. The number of aromatic nitrogens is 2. The summed E-state index contributed by atoms with van der Waals surface area (Å²) < 4.78 is 1.39. The molecule has 8 nitrogen and oxygen atoms in total. The second kappa shape index (κ2) is 5.92. The maximum Gasteiger partial charge on any atom is 0.269 e. The van der Waals surface area contributed by atoms with Gasteiger partial charge in [0.15, 0.2) is 5.82 Å². The quantitative estimate of drug-likeness (QED) is 0.640. The van der Waals surface area contributed by atoms with Crippen LogP contribution in [0.5, 0.6) is 0 Å². The topological polar surface area (TPSA) is 123 Å². The third-order valence-corrected chi connectivity index (χ3v) is 2.88. The highest BCUT2D eigenvalue weighted by molar-refractivity contribution is 5.66. The van der Waals surface area contributed by atoms with Gasteiger partial charge in [-0.2, -0.15) is 5.26 Å². The first-order valence-corrected chi connectivity index (χ1v) is 6.35. The molecule has 0 saturated heterocycles. The summed E-state index contributed by atoms with van der Waals surface area (Å²) in [7, 11) is 0. The van der Waals surface area contributed by atoms with E-state index in [-0.39, 0.29) is 17.1 Å². The van der Waals surface area contributed by atoms with Crippen molar-refractivity contribution in [1.82, 2.24) is 9.78 Å². The van der Waals surface area contributed by atoms with E-state index in [4.69, 9.17) is 11.0 Å². The average molecular weight is 286 g/mol.